The van der Waals surface area contributed by atoms with E-state index in [9.17, 15) is 9.18 Å². The minimum absolute atomic E-state index is 0.0103. The molecular formula is C10H10FNO3. The van der Waals surface area contributed by atoms with Crippen LogP contribution in [-0.4, -0.2) is 20.3 Å². The van der Waals surface area contributed by atoms with Gasteiger partial charge in [-0.2, -0.15) is 0 Å². The fraction of sp³-hybridized carbons (Fsp3) is 0.300. The Balaban J connectivity index is 3.21. The molecule has 0 saturated heterocycles. The lowest BCUT2D eigenvalue weighted by molar-refractivity contribution is 0.334. The van der Waals surface area contributed by atoms with E-state index in [0.717, 1.165) is 0 Å². The van der Waals surface area contributed by atoms with Gasteiger partial charge < -0.3 is 9.47 Å². The SMILES string of the molecule is COc1c(F)ccc(CN=C=O)c1OC. The average Bonchev–Trinajstić information content (AvgIpc) is 2.26. The van der Waals surface area contributed by atoms with E-state index in [2.05, 4.69) is 4.99 Å². The zero-order valence-electron chi connectivity index (χ0n) is 8.41. The van der Waals surface area contributed by atoms with Crippen LogP contribution in [0.2, 0.25) is 0 Å². The number of hydrogen-bond acceptors (Lipinski definition) is 4. The molecule has 0 fully saturated rings. The zero-order chi connectivity index (χ0) is 11.3. The molecule has 80 valence electrons. The predicted molar refractivity (Wildman–Crippen MR) is 51.3 cm³/mol. The molecule has 5 heteroatoms. The highest BCUT2D eigenvalue weighted by molar-refractivity contribution is 5.48. The molecule has 0 aromatic heterocycles. The lowest BCUT2D eigenvalue weighted by atomic mass is 10.2. The summed E-state index contributed by atoms with van der Waals surface area (Å²) in [6, 6.07) is 2.72. The smallest absolute Gasteiger partial charge is 0.235 e. The maximum atomic E-state index is 13.2. The molecule has 0 spiro atoms. The van der Waals surface area contributed by atoms with Crippen molar-refractivity contribution < 1.29 is 18.7 Å². The molecular weight excluding hydrogens is 201 g/mol. The van der Waals surface area contributed by atoms with Crippen molar-refractivity contribution in [3.05, 3.63) is 23.5 Å². The molecule has 4 nitrogen and oxygen atoms in total. The fourth-order valence-electron chi connectivity index (χ4n) is 1.24. The summed E-state index contributed by atoms with van der Waals surface area (Å²) in [5, 5.41) is 0. The third-order valence-corrected chi connectivity index (χ3v) is 1.87. The summed E-state index contributed by atoms with van der Waals surface area (Å²) in [7, 11) is 2.74. The van der Waals surface area contributed by atoms with Gasteiger partial charge >= 0.3 is 0 Å². The van der Waals surface area contributed by atoms with Crippen molar-refractivity contribution in [2.24, 2.45) is 4.99 Å². The molecule has 0 saturated carbocycles. The van der Waals surface area contributed by atoms with E-state index in [-0.39, 0.29) is 18.0 Å². The van der Waals surface area contributed by atoms with Crippen molar-refractivity contribution in [3.8, 4) is 11.5 Å². The number of carbonyl (C=O) groups excluding carboxylic acids is 1. The van der Waals surface area contributed by atoms with Crippen LogP contribution < -0.4 is 9.47 Å². The van der Waals surface area contributed by atoms with E-state index in [4.69, 9.17) is 9.47 Å². The number of halogens is 1. The first-order chi connectivity index (χ1) is 7.24. The largest absolute Gasteiger partial charge is 0.492 e. The molecule has 0 N–H and O–H groups in total. The number of isocyanates is 1. The average molecular weight is 211 g/mol. The monoisotopic (exact) mass is 211 g/mol. The van der Waals surface area contributed by atoms with Crippen molar-refractivity contribution in [2.75, 3.05) is 14.2 Å². The molecule has 1 aromatic carbocycles. The Bertz CT molecular complexity index is 400. The summed E-state index contributed by atoms with van der Waals surface area (Å²) < 4.78 is 23.1. The van der Waals surface area contributed by atoms with E-state index < -0.39 is 5.82 Å². The lowest BCUT2D eigenvalue weighted by Crippen LogP contribution is -1.98. The highest BCUT2D eigenvalue weighted by atomic mass is 19.1. The van der Waals surface area contributed by atoms with Crippen LogP contribution in [0.5, 0.6) is 11.5 Å². The van der Waals surface area contributed by atoms with Gasteiger partial charge in [0.25, 0.3) is 0 Å². The maximum absolute atomic E-state index is 13.2. The summed E-state index contributed by atoms with van der Waals surface area (Å²) in [5.41, 5.74) is 0.569. The number of ether oxygens (including phenoxy) is 2. The van der Waals surface area contributed by atoms with Crippen LogP contribution in [0, 0.1) is 5.82 Å². The van der Waals surface area contributed by atoms with Crippen LogP contribution in [0.3, 0.4) is 0 Å². The molecule has 0 aliphatic rings. The van der Waals surface area contributed by atoms with Crippen LogP contribution in [-0.2, 0) is 11.3 Å². The molecule has 0 aliphatic carbocycles. The van der Waals surface area contributed by atoms with Gasteiger partial charge in [-0.1, -0.05) is 6.07 Å². The standard InChI is InChI=1S/C10H10FNO3/c1-14-9-7(5-12-6-13)3-4-8(11)10(9)15-2/h3-4H,5H2,1-2H3. The first kappa shape index (κ1) is 11.2. The van der Waals surface area contributed by atoms with Crippen molar-refractivity contribution in [1.29, 1.82) is 0 Å². The van der Waals surface area contributed by atoms with Crippen molar-refractivity contribution >= 4 is 6.08 Å². The maximum Gasteiger partial charge on any atom is 0.235 e. The summed E-state index contributed by atoms with van der Waals surface area (Å²) in [5.74, 6) is -0.263. The number of aliphatic imine (C=N–C) groups is 1. The van der Waals surface area contributed by atoms with E-state index in [0.29, 0.717) is 5.56 Å². The van der Waals surface area contributed by atoms with Crippen molar-refractivity contribution in [1.82, 2.24) is 0 Å². The topological polar surface area (TPSA) is 47.9 Å². The van der Waals surface area contributed by atoms with Crippen LogP contribution >= 0.6 is 0 Å². The van der Waals surface area contributed by atoms with E-state index in [1.807, 2.05) is 0 Å². The molecule has 0 aliphatic heterocycles. The Hall–Kier alpha value is -1.87. The Kier molecular flexibility index (Phi) is 3.83. The molecule has 0 bridgehead atoms. The molecule has 1 rings (SSSR count). The minimum Gasteiger partial charge on any atom is -0.492 e. The highest BCUT2D eigenvalue weighted by Crippen LogP contribution is 2.33. The van der Waals surface area contributed by atoms with Crippen LogP contribution in [0.25, 0.3) is 0 Å². The van der Waals surface area contributed by atoms with Gasteiger partial charge in [0.1, 0.15) is 0 Å². The molecule has 0 atom stereocenters. The van der Waals surface area contributed by atoms with E-state index in [1.54, 1.807) is 0 Å². The number of nitrogens with zero attached hydrogens (tertiary/aromatic N) is 1. The van der Waals surface area contributed by atoms with Gasteiger partial charge in [0.15, 0.2) is 17.3 Å². The quantitative estimate of drug-likeness (QED) is 0.562. The molecule has 0 radical (unpaired) electrons. The van der Waals surface area contributed by atoms with Gasteiger partial charge in [0.05, 0.1) is 20.8 Å². The molecule has 0 unspecified atom stereocenters. The van der Waals surface area contributed by atoms with Crippen molar-refractivity contribution in [3.63, 3.8) is 0 Å². The van der Waals surface area contributed by atoms with Crippen LogP contribution in [0.15, 0.2) is 17.1 Å². The first-order valence-electron chi connectivity index (χ1n) is 4.17. The van der Waals surface area contributed by atoms with Gasteiger partial charge in [-0.05, 0) is 6.07 Å². The van der Waals surface area contributed by atoms with Crippen LogP contribution in [0.1, 0.15) is 5.56 Å². The van der Waals surface area contributed by atoms with Crippen LogP contribution in [0.4, 0.5) is 4.39 Å². The number of hydrogen-bond donors (Lipinski definition) is 0. The summed E-state index contributed by atoms with van der Waals surface area (Å²) >= 11 is 0. The Morgan fingerprint density at radius 3 is 2.53 bits per heavy atom. The first-order valence-corrected chi connectivity index (χ1v) is 4.17. The second-order valence-corrected chi connectivity index (χ2v) is 2.68. The van der Waals surface area contributed by atoms with E-state index >= 15 is 0 Å². The van der Waals surface area contributed by atoms with Crippen molar-refractivity contribution in [2.45, 2.75) is 6.54 Å². The third-order valence-electron chi connectivity index (χ3n) is 1.87. The lowest BCUT2D eigenvalue weighted by Gasteiger charge is -2.11. The second kappa shape index (κ2) is 5.12. The summed E-state index contributed by atoms with van der Waals surface area (Å²) in [6.07, 6.45) is 1.40. The zero-order valence-corrected chi connectivity index (χ0v) is 8.41. The van der Waals surface area contributed by atoms with Gasteiger partial charge in [-0.25, -0.2) is 14.2 Å². The number of methoxy groups -OCH3 is 2. The Morgan fingerprint density at radius 1 is 1.33 bits per heavy atom. The highest BCUT2D eigenvalue weighted by Gasteiger charge is 2.14. The molecule has 0 heterocycles. The summed E-state index contributed by atoms with van der Waals surface area (Å²) in [6.45, 7) is 0.0866. The molecule has 1 aromatic rings. The molecule has 0 amide bonds. The minimum atomic E-state index is -0.520. The summed E-state index contributed by atoms with van der Waals surface area (Å²) in [4.78, 5) is 13.4. The fourth-order valence-corrected chi connectivity index (χ4v) is 1.24. The Labute approximate surface area is 86.3 Å². The predicted octanol–water partition coefficient (Wildman–Crippen LogP) is 1.68. The normalized spacial score (nSPS) is 9.27. The third kappa shape index (κ3) is 2.33. The van der Waals surface area contributed by atoms with Gasteiger partial charge in [-0.15, -0.1) is 0 Å². The number of benzene rings is 1. The second-order valence-electron chi connectivity index (χ2n) is 2.68. The van der Waals surface area contributed by atoms with Gasteiger partial charge in [0.2, 0.25) is 6.08 Å². The number of rotatable bonds is 4. The molecule has 15 heavy (non-hydrogen) atoms. The van der Waals surface area contributed by atoms with E-state index in [1.165, 1.54) is 32.4 Å². The Morgan fingerprint density at radius 2 is 2.00 bits per heavy atom. The van der Waals surface area contributed by atoms with Gasteiger partial charge in [0, 0.05) is 5.56 Å². The van der Waals surface area contributed by atoms with Gasteiger partial charge in [-0.3, -0.25) is 0 Å².